The molecule has 30 heavy (non-hydrogen) atoms. The molecular formula is C24H31F3N2O. The number of H-pyrrole nitrogens is 1. The van der Waals surface area contributed by atoms with E-state index in [9.17, 15) is 18.3 Å². The van der Waals surface area contributed by atoms with Gasteiger partial charge in [0.25, 0.3) is 0 Å². The van der Waals surface area contributed by atoms with Crippen molar-refractivity contribution in [3.05, 3.63) is 59.5 Å². The fourth-order valence-electron chi connectivity index (χ4n) is 3.22. The van der Waals surface area contributed by atoms with Gasteiger partial charge >= 0.3 is 6.18 Å². The lowest BCUT2D eigenvalue weighted by atomic mass is 10.0. The molecule has 1 aromatic carbocycles. The van der Waals surface area contributed by atoms with E-state index in [0.29, 0.717) is 12.3 Å². The van der Waals surface area contributed by atoms with Crippen LogP contribution in [-0.4, -0.2) is 21.3 Å². The molecule has 2 N–H and O–H groups in total. The Kier molecular flexibility index (Phi) is 8.75. The first kappa shape index (κ1) is 23.8. The average Bonchev–Trinajstić information content (AvgIpc) is 2.95. The Hall–Kier alpha value is -2.50. The summed E-state index contributed by atoms with van der Waals surface area (Å²) in [6.07, 6.45) is 7.52. The molecule has 0 aliphatic heterocycles. The fraction of sp³-hybridized carbons (Fsp3) is 0.458. The predicted molar refractivity (Wildman–Crippen MR) is 117 cm³/mol. The summed E-state index contributed by atoms with van der Waals surface area (Å²) in [6, 6.07) is 5.25. The number of hydrogen-bond donors (Lipinski definition) is 2. The van der Waals surface area contributed by atoms with Gasteiger partial charge in [-0.2, -0.15) is 13.2 Å². The number of halogens is 3. The third-order valence-electron chi connectivity index (χ3n) is 5.11. The number of imidazole rings is 1. The molecule has 1 heterocycles. The van der Waals surface area contributed by atoms with Gasteiger partial charge < -0.3 is 10.1 Å². The first-order chi connectivity index (χ1) is 14.2. The van der Waals surface area contributed by atoms with Crippen molar-refractivity contribution in [1.82, 2.24) is 9.97 Å². The molecule has 6 heteroatoms. The number of nitrogens with zero attached hydrogens (tertiary/aromatic N) is 1. The molecule has 2 aromatic rings. The van der Waals surface area contributed by atoms with Crippen LogP contribution in [0.5, 0.6) is 5.75 Å². The number of phenolic OH excluding ortho intramolecular Hbond substituents is 1. The second-order valence-corrected chi connectivity index (χ2v) is 7.62. The Morgan fingerprint density at radius 1 is 1.20 bits per heavy atom. The van der Waals surface area contributed by atoms with Crippen LogP contribution in [0.2, 0.25) is 0 Å². The van der Waals surface area contributed by atoms with Crippen molar-refractivity contribution in [2.24, 2.45) is 0 Å². The van der Waals surface area contributed by atoms with E-state index in [4.69, 9.17) is 0 Å². The van der Waals surface area contributed by atoms with Gasteiger partial charge in [0, 0.05) is 17.6 Å². The SMILES string of the molecule is CCC1=CC=CCC(C(F)(F)F)=C1.CCCCCC(C)c1nc2ccc(O)cc2[nH]1. The second kappa shape index (κ2) is 11.0. The lowest BCUT2D eigenvalue weighted by Crippen LogP contribution is -2.11. The van der Waals surface area contributed by atoms with Gasteiger partial charge in [-0.25, -0.2) is 4.98 Å². The first-order valence-corrected chi connectivity index (χ1v) is 10.6. The molecule has 0 radical (unpaired) electrons. The molecule has 0 bridgehead atoms. The smallest absolute Gasteiger partial charge is 0.413 e. The number of aromatic amines is 1. The van der Waals surface area contributed by atoms with E-state index in [-0.39, 0.29) is 12.2 Å². The Balaban J connectivity index is 0.000000222. The third-order valence-corrected chi connectivity index (χ3v) is 5.11. The van der Waals surface area contributed by atoms with Crippen LogP contribution in [0.25, 0.3) is 11.0 Å². The van der Waals surface area contributed by atoms with Crippen LogP contribution < -0.4 is 0 Å². The summed E-state index contributed by atoms with van der Waals surface area (Å²) in [5.41, 5.74) is 2.11. The van der Waals surface area contributed by atoms with E-state index in [0.717, 1.165) is 22.4 Å². The number of phenols is 1. The minimum Gasteiger partial charge on any atom is -0.508 e. The molecule has 164 valence electrons. The van der Waals surface area contributed by atoms with Crippen molar-refractivity contribution < 1.29 is 18.3 Å². The minimum atomic E-state index is -4.19. The number of rotatable bonds is 6. The summed E-state index contributed by atoms with van der Waals surface area (Å²) in [5, 5.41) is 9.40. The molecule has 3 rings (SSSR count). The van der Waals surface area contributed by atoms with Crippen molar-refractivity contribution in [1.29, 1.82) is 0 Å². The van der Waals surface area contributed by atoms with Gasteiger partial charge in [-0.15, -0.1) is 0 Å². The quantitative estimate of drug-likeness (QED) is 0.470. The summed E-state index contributed by atoms with van der Waals surface area (Å²) in [5.74, 6) is 1.77. The molecular weight excluding hydrogens is 389 g/mol. The number of allylic oxidation sites excluding steroid dienone is 6. The molecule has 1 atom stereocenters. The molecule has 1 aliphatic rings. The molecule has 1 aromatic heterocycles. The highest BCUT2D eigenvalue weighted by Gasteiger charge is 2.32. The highest BCUT2D eigenvalue weighted by atomic mass is 19.4. The molecule has 0 saturated carbocycles. The summed E-state index contributed by atoms with van der Waals surface area (Å²) in [6.45, 7) is 6.26. The van der Waals surface area contributed by atoms with Crippen molar-refractivity contribution in [3.63, 3.8) is 0 Å². The van der Waals surface area contributed by atoms with Gasteiger partial charge in [0.15, 0.2) is 0 Å². The van der Waals surface area contributed by atoms with Crippen LogP contribution >= 0.6 is 0 Å². The lowest BCUT2D eigenvalue weighted by molar-refractivity contribution is -0.0929. The van der Waals surface area contributed by atoms with Crippen LogP contribution in [0.4, 0.5) is 13.2 Å². The van der Waals surface area contributed by atoms with E-state index < -0.39 is 11.7 Å². The highest BCUT2D eigenvalue weighted by Crippen LogP contribution is 2.31. The third kappa shape index (κ3) is 7.08. The molecule has 0 fully saturated rings. The van der Waals surface area contributed by atoms with Crippen molar-refractivity contribution in [3.8, 4) is 5.75 Å². The number of nitrogens with one attached hydrogen (secondary N) is 1. The zero-order valence-electron chi connectivity index (χ0n) is 17.9. The van der Waals surface area contributed by atoms with Gasteiger partial charge in [0.2, 0.25) is 0 Å². The van der Waals surface area contributed by atoms with Gasteiger partial charge in [0.1, 0.15) is 11.6 Å². The summed E-state index contributed by atoms with van der Waals surface area (Å²) in [4.78, 5) is 7.86. The van der Waals surface area contributed by atoms with Crippen LogP contribution in [0.15, 0.2) is 53.6 Å². The number of hydrogen-bond acceptors (Lipinski definition) is 2. The van der Waals surface area contributed by atoms with Crippen LogP contribution in [0.1, 0.15) is 71.0 Å². The van der Waals surface area contributed by atoms with Crippen molar-refractivity contribution >= 4 is 11.0 Å². The monoisotopic (exact) mass is 420 g/mol. The lowest BCUT2D eigenvalue weighted by Gasteiger charge is -2.09. The van der Waals surface area contributed by atoms with E-state index >= 15 is 0 Å². The normalized spacial score (nSPS) is 15.1. The number of benzene rings is 1. The maximum absolute atomic E-state index is 12.3. The fourth-order valence-corrected chi connectivity index (χ4v) is 3.22. The molecule has 0 spiro atoms. The van der Waals surface area contributed by atoms with E-state index in [2.05, 4.69) is 23.8 Å². The van der Waals surface area contributed by atoms with Crippen molar-refractivity contribution in [2.75, 3.05) is 0 Å². The summed E-state index contributed by atoms with van der Waals surface area (Å²) < 4.78 is 36.9. The van der Waals surface area contributed by atoms with E-state index in [1.165, 1.54) is 37.8 Å². The number of alkyl halides is 3. The second-order valence-electron chi connectivity index (χ2n) is 7.62. The van der Waals surface area contributed by atoms with Gasteiger partial charge in [-0.05, 0) is 37.0 Å². The zero-order chi connectivity index (χ0) is 22.1. The number of aromatic nitrogens is 2. The summed E-state index contributed by atoms with van der Waals surface area (Å²) >= 11 is 0. The Morgan fingerprint density at radius 2 is 1.97 bits per heavy atom. The topological polar surface area (TPSA) is 48.9 Å². The van der Waals surface area contributed by atoms with E-state index in [1.54, 1.807) is 24.3 Å². The van der Waals surface area contributed by atoms with Gasteiger partial charge in [0.05, 0.1) is 11.0 Å². The molecule has 1 unspecified atom stereocenters. The number of fused-ring (bicyclic) bond motifs is 1. The Labute approximate surface area is 176 Å². The largest absolute Gasteiger partial charge is 0.508 e. The van der Waals surface area contributed by atoms with Crippen LogP contribution in [-0.2, 0) is 0 Å². The average molecular weight is 421 g/mol. The van der Waals surface area contributed by atoms with Crippen molar-refractivity contribution in [2.45, 2.75) is 71.4 Å². The van der Waals surface area contributed by atoms with E-state index in [1.807, 2.05) is 13.0 Å². The Morgan fingerprint density at radius 3 is 2.63 bits per heavy atom. The molecule has 1 aliphatic carbocycles. The molecule has 0 saturated heterocycles. The minimum absolute atomic E-state index is 0.0243. The maximum Gasteiger partial charge on any atom is 0.413 e. The number of unbranched alkanes of at least 4 members (excludes halogenated alkanes) is 2. The highest BCUT2D eigenvalue weighted by molar-refractivity contribution is 5.76. The van der Waals surface area contributed by atoms with Gasteiger partial charge in [-0.3, -0.25) is 0 Å². The van der Waals surface area contributed by atoms with Crippen LogP contribution in [0.3, 0.4) is 0 Å². The zero-order valence-corrected chi connectivity index (χ0v) is 17.9. The Bertz CT molecular complexity index is 907. The first-order valence-electron chi connectivity index (χ1n) is 10.6. The predicted octanol–water partition coefficient (Wildman–Crippen LogP) is 7.72. The molecule has 3 nitrogen and oxygen atoms in total. The molecule has 0 amide bonds. The summed E-state index contributed by atoms with van der Waals surface area (Å²) in [7, 11) is 0. The number of aromatic hydroxyl groups is 1. The van der Waals surface area contributed by atoms with Gasteiger partial charge in [-0.1, -0.05) is 64.3 Å². The maximum atomic E-state index is 12.3. The van der Waals surface area contributed by atoms with Crippen LogP contribution in [0, 0.1) is 0 Å². The standard InChI is InChI=1S/C14H20N2O.C10H11F3/c1-3-4-5-6-10(2)14-15-12-8-7-11(17)9-13(12)16-14;1-2-8-5-3-4-6-9(7-8)10(11,12)13/h7-10,17H,3-6H2,1-2H3,(H,15,16);3-5,7H,2,6H2,1H3.